The number of fused-ring (bicyclic) bond motifs is 1. The lowest BCUT2D eigenvalue weighted by molar-refractivity contribution is -0.350. The Kier molecular flexibility index (Phi) is 12.6. The van der Waals surface area contributed by atoms with Crippen LogP contribution in [0, 0.1) is 23.2 Å². The number of carbonyl (C=O) groups is 2. The van der Waals surface area contributed by atoms with Crippen molar-refractivity contribution < 1.29 is 80.5 Å². The molecule has 0 radical (unpaired) electrons. The van der Waals surface area contributed by atoms with Crippen molar-refractivity contribution in [3.8, 4) is 0 Å². The van der Waals surface area contributed by atoms with E-state index in [9.17, 15) is 71.1 Å². The fourth-order valence-electron chi connectivity index (χ4n) is 7.95. The first kappa shape index (κ1) is 44.6. The number of esters is 2. The quantitative estimate of drug-likeness (QED) is 0.146. The molecule has 5 atom stereocenters. The number of hydrogen-bond donors (Lipinski definition) is 0. The largest absolute Gasteiger partial charge is 0.460 e. The van der Waals surface area contributed by atoms with Gasteiger partial charge in [-0.05, 0) is 100 Å². The van der Waals surface area contributed by atoms with Crippen molar-refractivity contribution in [3.63, 3.8) is 0 Å². The van der Waals surface area contributed by atoms with E-state index in [1.165, 1.54) is 0 Å². The molecule has 3 aliphatic rings. The van der Waals surface area contributed by atoms with Crippen LogP contribution in [0.15, 0.2) is 35.5 Å². The molecule has 0 N–H and O–H groups in total. The molecule has 53 heavy (non-hydrogen) atoms. The summed E-state index contributed by atoms with van der Waals surface area (Å²) in [4.78, 5) is 23.6. The fourth-order valence-corrected chi connectivity index (χ4v) is 7.95. The van der Waals surface area contributed by atoms with E-state index < -0.39 is 59.7 Å². The highest BCUT2D eigenvalue weighted by Crippen LogP contribution is 2.60. The Morgan fingerprint density at radius 1 is 0.830 bits per heavy atom. The highest BCUT2D eigenvalue weighted by molar-refractivity contribution is 5.80. The van der Waals surface area contributed by atoms with Gasteiger partial charge in [0.1, 0.15) is 11.7 Å². The lowest BCUT2D eigenvalue weighted by Crippen LogP contribution is -2.57. The molecule has 0 heterocycles. The maximum atomic E-state index is 13.9. The summed E-state index contributed by atoms with van der Waals surface area (Å²) in [6.07, 6.45) is -7.00. The predicted molar refractivity (Wildman–Crippen MR) is 162 cm³/mol. The standard InChI is InChI=1S/C35H42F14O4/c1-19-10-13-23(52-26(50)30(36,37)32(40,41)34(44,45)46)18-22(19)12-11-21-9-7-17-29(5)24(14-15-25(21)29)20(2)8-6-16-28(3,4)53-27(51)31(38,39)33(42,43)35(47,48)49/h11-12,20,23-25H,1,6-10,13-18H2,2-5H3/b21-11+,22-12-/t20-,23+,24-,25+,29-/m1/s1. The van der Waals surface area contributed by atoms with Gasteiger partial charge in [0, 0.05) is 6.42 Å². The number of rotatable bonds is 12. The van der Waals surface area contributed by atoms with Crippen molar-refractivity contribution in [1.29, 1.82) is 0 Å². The van der Waals surface area contributed by atoms with Crippen LogP contribution in [0.3, 0.4) is 0 Å². The smallest absolute Gasteiger partial charge is 0.457 e. The molecule has 0 aromatic carbocycles. The Balaban J connectivity index is 1.64. The number of halogens is 14. The number of carbonyl (C=O) groups excluding carboxylic acids is 2. The maximum Gasteiger partial charge on any atom is 0.460 e. The van der Waals surface area contributed by atoms with Crippen LogP contribution in [-0.2, 0) is 19.1 Å². The summed E-state index contributed by atoms with van der Waals surface area (Å²) in [7, 11) is 0. The van der Waals surface area contributed by atoms with Crippen molar-refractivity contribution in [3.05, 3.63) is 35.5 Å². The van der Waals surface area contributed by atoms with Gasteiger partial charge in [0.05, 0.1) is 0 Å². The zero-order valence-corrected chi connectivity index (χ0v) is 29.4. The van der Waals surface area contributed by atoms with Crippen molar-refractivity contribution in [2.75, 3.05) is 0 Å². The number of alkyl halides is 14. The summed E-state index contributed by atoms with van der Waals surface area (Å²) in [5.41, 5.74) is 0.0454. The van der Waals surface area contributed by atoms with Gasteiger partial charge in [0.15, 0.2) is 0 Å². The number of ether oxygens (including phenoxy) is 2. The zero-order chi connectivity index (χ0) is 40.8. The molecular formula is C35H42F14O4. The van der Waals surface area contributed by atoms with E-state index in [0.717, 1.165) is 45.1 Å². The first-order valence-electron chi connectivity index (χ1n) is 17.0. The van der Waals surface area contributed by atoms with Crippen LogP contribution >= 0.6 is 0 Å². The van der Waals surface area contributed by atoms with Crippen molar-refractivity contribution in [2.24, 2.45) is 23.2 Å². The van der Waals surface area contributed by atoms with E-state index in [1.54, 1.807) is 6.08 Å². The van der Waals surface area contributed by atoms with E-state index >= 15 is 0 Å². The normalized spacial score (nSPS) is 27.5. The summed E-state index contributed by atoms with van der Waals surface area (Å²) in [5, 5.41) is 0. The second-order valence-electron chi connectivity index (χ2n) is 15.2. The van der Waals surface area contributed by atoms with E-state index in [4.69, 9.17) is 0 Å². The monoisotopic (exact) mass is 792 g/mol. The van der Waals surface area contributed by atoms with Gasteiger partial charge in [0.25, 0.3) is 0 Å². The second-order valence-corrected chi connectivity index (χ2v) is 15.2. The minimum atomic E-state index is -6.69. The Hall–Kier alpha value is -2.82. The zero-order valence-electron chi connectivity index (χ0n) is 29.4. The SMILES string of the molecule is C=C1CC[C@H](OC(=O)C(F)(F)C(F)(F)C(F)(F)F)C/C1=C/C=C1\CCC[C@]2(C)[C@@H]([C@H](C)CCCC(C)(C)OC(=O)C(F)(F)C(F)(F)C(F)(F)F)CC[C@@H]12. The average molecular weight is 793 g/mol. The minimum absolute atomic E-state index is 0.0293. The predicted octanol–water partition coefficient (Wildman–Crippen LogP) is 11.5. The molecule has 0 amide bonds. The van der Waals surface area contributed by atoms with Gasteiger partial charge in [-0.3, -0.25) is 0 Å². The van der Waals surface area contributed by atoms with E-state index in [2.05, 4.69) is 23.0 Å². The summed E-state index contributed by atoms with van der Waals surface area (Å²) in [5.74, 6) is -31.3. The van der Waals surface area contributed by atoms with Crippen molar-refractivity contribution in [2.45, 2.75) is 146 Å². The first-order chi connectivity index (χ1) is 23.8. The van der Waals surface area contributed by atoms with E-state index in [1.807, 2.05) is 13.0 Å². The van der Waals surface area contributed by atoms with Crippen LogP contribution in [0.2, 0.25) is 0 Å². The van der Waals surface area contributed by atoms with E-state index in [-0.39, 0.29) is 55.3 Å². The van der Waals surface area contributed by atoms with Crippen LogP contribution < -0.4 is 0 Å². The van der Waals surface area contributed by atoms with Gasteiger partial charge < -0.3 is 9.47 Å². The molecule has 0 saturated heterocycles. The highest BCUT2D eigenvalue weighted by Gasteiger charge is 2.78. The highest BCUT2D eigenvalue weighted by atomic mass is 19.4. The van der Waals surface area contributed by atoms with Crippen LogP contribution in [0.25, 0.3) is 0 Å². The summed E-state index contributed by atoms with van der Waals surface area (Å²) >= 11 is 0. The third-order valence-electron chi connectivity index (χ3n) is 11.0. The Labute approximate surface area is 297 Å². The Morgan fingerprint density at radius 2 is 1.38 bits per heavy atom. The fraction of sp³-hybridized carbons (Fsp3) is 0.771. The molecule has 0 bridgehead atoms. The molecule has 0 unspecified atom stereocenters. The van der Waals surface area contributed by atoms with Gasteiger partial charge in [-0.15, -0.1) is 0 Å². The molecule has 18 heteroatoms. The molecule has 304 valence electrons. The number of allylic oxidation sites excluding steroid dienone is 4. The summed E-state index contributed by atoms with van der Waals surface area (Å²) in [6, 6.07) is 0. The molecule has 3 aliphatic carbocycles. The first-order valence-corrected chi connectivity index (χ1v) is 17.0. The van der Waals surface area contributed by atoms with Gasteiger partial charge in [-0.25, -0.2) is 9.59 Å². The van der Waals surface area contributed by atoms with Crippen LogP contribution in [0.1, 0.15) is 98.3 Å². The Bertz CT molecular complexity index is 1440. The molecule has 0 aliphatic heterocycles. The van der Waals surface area contributed by atoms with Crippen molar-refractivity contribution >= 4 is 11.9 Å². The summed E-state index contributed by atoms with van der Waals surface area (Å²) < 4.78 is 193. The molecule has 3 rings (SSSR count). The van der Waals surface area contributed by atoms with Gasteiger partial charge in [-0.2, -0.15) is 61.5 Å². The molecule has 0 aromatic heterocycles. The van der Waals surface area contributed by atoms with Crippen LogP contribution in [-0.4, -0.2) is 59.7 Å². The molecule has 0 spiro atoms. The maximum absolute atomic E-state index is 13.9. The number of hydrogen-bond acceptors (Lipinski definition) is 4. The third kappa shape index (κ3) is 8.86. The van der Waals surface area contributed by atoms with E-state index in [0.29, 0.717) is 24.0 Å². The summed E-state index contributed by atoms with van der Waals surface area (Å²) in [6.45, 7) is 10.3. The lowest BCUT2D eigenvalue weighted by Gasteiger charge is -2.44. The molecule has 3 fully saturated rings. The molecular weight excluding hydrogens is 750 g/mol. The molecule has 3 saturated carbocycles. The van der Waals surface area contributed by atoms with Gasteiger partial charge >= 0.3 is 48.0 Å². The lowest BCUT2D eigenvalue weighted by atomic mass is 9.60. The van der Waals surface area contributed by atoms with Gasteiger partial charge in [0.2, 0.25) is 0 Å². The molecule has 4 nitrogen and oxygen atoms in total. The van der Waals surface area contributed by atoms with Crippen LogP contribution in [0.5, 0.6) is 0 Å². The second kappa shape index (κ2) is 15.0. The van der Waals surface area contributed by atoms with Crippen LogP contribution in [0.4, 0.5) is 61.5 Å². The third-order valence-corrected chi connectivity index (χ3v) is 11.0. The van der Waals surface area contributed by atoms with Crippen molar-refractivity contribution in [1.82, 2.24) is 0 Å². The Morgan fingerprint density at radius 3 is 1.92 bits per heavy atom. The topological polar surface area (TPSA) is 52.6 Å². The molecule has 0 aromatic rings. The average Bonchev–Trinajstić information content (AvgIpc) is 3.37. The van der Waals surface area contributed by atoms with Gasteiger partial charge in [-0.1, -0.05) is 50.1 Å². The minimum Gasteiger partial charge on any atom is -0.457 e.